The normalized spacial score (nSPS) is 11.4. The molecule has 6 nitrogen and oxygen atoms in total. The van der Waals surface area contributed by atoms with Crippen LogP contribution in [0.3, 0.4) is 0 Å². The van der Waals surface area contributed by atoms with E-state index in [4.69, 9.17) is 0 Å². The fourth-order valence-corrected chi connectivity index (χ4v) is 3.41. The highest BCUT2D eigenvalue weighted by atomic mass is 16.4. The Morgan fingerprint density at radius 1 is 1.22 bits per heavy atom. The van der Waals surface area contributed by atoms with Crippen LogP contribution in [0.4, 0.5) is 0 Å². The van der Waals surface area contributed by atoms with Gasteiger partial charge in [0.1, 0.15) is 5.56 Å². The lowest BCUT2D eigenvalue weighted by atomic mass is 10.0. The highest BCUT2D eigenvalue weighted by Gasteiger charge is 2.15. The average Bonchev–Trinajstić information content (AvgIpc) is 2.94. The maximum atomic E-state index is 12.1. The van der Waals surface area contributed by atoms with Gasteiger partial charge in [0.05, 0.1) is 5.69 Å². The fourth-order valence-electron chi connectivity index (χ4n) is 3.41. The quantitative estimate of drug-likeness (QED) is 0.702. The summed E-state index contributed by atoms with van der Waals surface area (Å²) in [5, 5.41) is 10.3. The van der Waals surface area contributed by atoms with E-state index in [9.17, 15) is 14.7 Å². The van der Waals surface area contributed by atoms with Gasteiger partial charge in [-0.3, -0.25) is 4.79 Å². The van der Waals surface area contributed by atoms with Crippen molar-refractivity contribution in [1.29, 1.82) is 0 Å². The summed E-state index contributed by atoms with van der Waals surface area (Å²) in [5.41, 5.74) is 3.98. The van der Waals surface area contributed by atoms with Gasteiger partial charge in [0.15, 0.2) is 0 Å². The van der Waals surface area contributed by atoms with Gasteiger partial charge in [-0.1, -0.05) is 13.0 Å². The molecule has 0 fully saturated rings. The van der Waals surface area contributed by atoms with Crippen LogP contribution in [0, 0.1) is 0 Å². The molecule has 2 N–H and O–H groups in total. The molecule has 0 radical (unpaired) electrons. The first-order valence-corrected chi connectivity index (χ1v) is 9.04. The van der Waals surface area contributed by atoms with E-state index in [0.29, 0.717) is 12.1 Å². The molecule has 2 aromatic heterocycles. The Balaban J connectivity index is 2.09. The Morgan fingerprint density at radius 3 is 2.59 bits per heavy atom. The zero-order chi connectivity index (χ0) is 19.7. The number of aryl methyl sites for hydroxylation is 2. The van der Waals surface area contributed by atoms with Crippen molar-refractivity contribution < 1.29 is 9.90 Å². The number of likely N-dealkylation sites (N-methyl/N-ethyl adjacent to an activating group) is 1. The monoisotopic (exact) mass is 367 g/mol. The van der Waals surface area contributed by atoms with Crippen LogP contribution in [0.25, 0.3) is 22.2 Å². The molecule has 142 valence electrons. The van der Waals surface area contributed by atoms with Crippen molar-refractivity contribution in [1.82, 2.24) is 14.5 Å². The van der Waals surface area contributed by atoms with Gasteiger partial charge in [0, 0.05) is 36.6 Å². The van der Waals surface area contributed by atoms with Crippen molar-refractivity contribution in [3.8, 4) is 11.3 Å². The molecule has 3 aromatic rings. The number of carboxylic acid groups (broad SMARTS) is 1. The van der Waals surface area contributed by atoms with E-state index >= 15 is 0 Å². The topological polar surface area (TPSA) is 78.3 Å². The Labute approximate surface area is 158 Å². The van der Waals surface area contributed by atoms with Crippen molar-refractivity contribution in [2.45, 2.75) is 19.8 Å². The Kier molecular flexibility index (Phi) is 5.19. The minimum atomic E-state index is -1.21. The molecule has 0 spiro atoms. The number of pyridine rings is 1. The summed E-state index contributed by atoms with van der Waals surface area (Å²) in [6.45, 7) is 2.92. The van der Waals surface area contributed by atoms with Crippen molar-refractivity contribution >= 4 is 16.9 Å². The smallest absolute Gasteiger partial charge is 0.341 e. The number of carboxylic acids is 1. The summed E-state index contributed by atoms with van der Waals surface area (Å²) in [6.07, 6.45) is 1.59. The number of hydrogen-bond acceptors (Lipinski definition) is 3. The molecular weight excluding hydrogens is 342 g/mol. The SMILES string of the molecule is CCc1cc(C(=O)O)c(=O)[nH]c1-c1ccc2c(c1)cc(CCN(C)C)n2C. The molecular formula is C21H25N3O3. The number of nitrogens with one attached hydrogen (secondary N) is 1. The van der Waals surface area contributed by atoms with E-state index in [2.05, 4.69) is 47.7 Å². The number of hydrogen-bond donors (Lipinski definition) is 2. The Hall–Kier alpha value is -2.86. The predicted molar refractivity (Wildman–Crippen MR) is 108 cm³/mol. The molecule has 0 unspecified atom stereocenters. The number of benzene rings is 1. The number of aromatic nitrogens is 2. The minimum absolute atomic E-state index is 0.220. The van der Waals surface area contributed by atoms with E-state index in [1.165, 1.54) is 11.8 Å². The second kappa shape index (κ2) is 7.40. The summed E-state index contributed by atoms with van der Waals surface area (Å²) in [7, 11) is 6.18. The van der Waals surface area contributed by atoms with Crippen molar-refractivity contribution in [2.24, 2.45) is 7.05 Å². The fraction of sp³-hybridized carbons (Fsp3) is 0.333. The Bertz CT molecular complexity index is 1060. The number of aromatic amines is 1. The molecule has 0 saturated heterocycles. The van der Waals surface area contributed by atoms with Crippen LogP contribution in [-0.2, 0) is 19.9 Å². The summed E-state index contributed by atoms with van der Waals surface area (Å²) >= 11 is 0. The number of H-pyrrole nitrogens is 1. The van der Waals surface area contributed by atoms with E-state index in [1.54, 1.807) is 0 Å². The van der Waals surface area contributed by atoms with Gasteiger partial charge in [-0.2, -0.15) is 0 Å². The molecule has 0 aliphatic rings. The van der Waals surface area contributed by atoms with Crippen LogP contribution in [0.15, 0.2) is 35.1 Å². The zero-order valence-corrected chi connectivity index (χ0v) is 16.2. The molecule has 27 heavy (non-hydrogen) atoms. The highest BCUT2D eigenvalue weighted by molar-refractivity contribution is 5.89. The van der Waals surface area contributed by atoms with Gasteiger partial charge < -0.3 is 19.6 Å². The van der Waals surface area contributed by atoms with Gasteiger partial charge in [-0.05, 0) is 55.9 Å². The van der Waals surface area contributed by atoms with Crippen molar-refractivity contribution in [3.63, 3.8) is 0 Å². The van der Waals surface area contributed by atoms with E-state index in [0.717, 1.165) is 35.0 Å². The van der Waals surface area contributed by atoms with E-state index < -0.39 is 11.5 Å². The van der Waals surface area contributed by atoms with Gasteiger partial charge in [0.25, 0.3) is 5.56 Å². The standard InChI is InChI=1S/C21H25N3O3/c1-5-13-12-17(21(26)27)20(25)22-19(13)14-6-7-18-15(10-14)11-16(24(18)4)8-9-23(2)3/h6-7,10-12H,5,8-9H2,1-4H3,(H,22,25)(H,26,27). The molecule has 1 aromatic carbocycles. The minimum Gasteiger partial charge on any atom is -0.477 e. The third kappa shape index (κ3) is 3.66. The van der Waals surface area contributed by atoms with Crippen LogP contribution in [-0.4, -0.2) is 46.2 Å². The van der Waals surface area contributed by atoms with E-state index in [1.807, 2.05) is 19.1 Å². The maximum absolute atomic E-state index is 12.1. The van der Waals surface area contributed by atoms with Crippen molar-refractivity contribution in [3.05, 3.63) is 57.5 Å². The summed E-state index contributed by atoms with van der Waals surface area (Å²) in [5.74, 6) is -1.21. The molecule has 2 heterocycles. The van der Waals surface area contributed by atoms with E-state index in [-0.39, 0.29) is 5.56 Å². The molecule has 0 aliphatic carbocycles. The van der Waals surface area contributed by atoms with Crippen LogP contribution in [0.2, 0.25) is 0 Å². The first kappa shape index (κ1) is 18.9. The lowest BCUT2D eigenvalue weighted by molar-refractivity contribution is 0.0695. The number of nitrogens with zero attached hydrogens (tertiary/aromatic N) is 2. The third-order valence-corrected chi connectivity index (χ3v) is 4.98. The summed E-state index contributed by atoms with van der Waals surface area (Å²) < 4.78 is 2.19. The molecule has 0 saturated carbocycles. The van der Waals surface area contributed by atoms with Crippen LogP contribution in [0.1, 0.15) is 28.5 Å². The number of rotatable bonds is 6. The molecule has 0 atom stereocenters. The van der Waals surface area contributed by atoms with Gasteiger partial charge in [-0.25, -0.2) is 4.79 Å². The molecule has 3 rings (SSSR count). The zero-order valence-electron chi connectivity index (χ0n) is 16.2. The average molecular weight is 367 g/mol. The summed E-state index contributed by atoms with van der Waals surface area (Å²) in [4.78, 5) is 28.3. The maximum Gasteiger partial charge on any atom is 0.341 e. The summed E-state index contributed by atoms with van der Waals surface area (Å²) in [6, 6.07) is 9.74. The largest absolute Gasteiger partial charge is 0.477 e. The van der Waals surface area contributed by atoms with Gasteiger partial charge in [0.2, 0.25) is 0 Å². The predicted octanol–water partition coefficient (Wildman–Crippen LogP) is 2.90. The molecule has 0 bridgehead atoms. The number of fused-ring (bicyclic) bond motifs is 1. The second-order valence-electron chi connectivity index (χ2n) is 7.09. The highest BCUT2D eigenvalue weighted by Crippen LogP contribution is 2.27. The van der Waals surface area contributed by atoms with Crippen molar-refractivity contribution in [2.75, 3.05) is 20.6 Å². The van der Waals surface area contributed by atoms with Crippen LogP contribution >= 0.6 is 0 Å². The number of aromatic carboxylic acids is 1. The van der Waals surface area contributed by atoms with Crippen LogP contribution < -0.4 is 5.56 Å². The first-order valence-electron chi connectivity index (χ1n) is 9.04. The third-order valence-electron chi connectivity index (χ3n) is 4.98. The Morgan fingerprint density at radius 2 is 1.96 bits per heavy atom. The van der Waals surface area contributed by atoms with Gasteiger partial charge >= 0.3 is 5.97 Å². The van der Waals surface area contributed by atoms with Gasteiger partial charge in [-0.15, -0.1) is 0 Å². The number of carbonyl (C=O) groups is 1. The van der Waals surface area contributed by atoms with Crippen LogP contribution in [0.5, 0.6) is 0 Å². The molecule has 6 heteroatoms. The second-order valence-corrected chi connectivity index (χ2v) is 7.09. The molecule has 0 amide bonds. The molecule has 0 aliphatic heterocycles. The lowest BCUT2D eigenvalue weighted by Crippen LogP contribution is -2.19. The first-order chi connectivity index (χ1) is 12.8. The lowest BCUT2D eigenvalue weighted by Gasteiger charge is -2.10.